The van der Waals surface area contributed by atoms with Crippen LogP contribution >= 0.6 is 11.5 Å². The molecule has 2 aromatic rings. The summed E-state index contributed by atoms with van der Waals surface area (Å²) in [6, 6.07) is 5.21. The molecule has 0 fully saturated rings. The molecule has 0 saturated carbocycles. The van der Waals surface area contributed by atoms with Gasteiger partial charge in [-0.3, -0.25) is 4.79 Å². The molecule has 1 aromatic heterocycles. The minimum atomic E-state index is -0.651. The van der Waals surface area contributed by atoms with Crippen LogP contribution in [0.1, 0.15) is 16.2 Å². The molecule has 0 aliphatic carbocycles. The monoisotopic (exact) mass is 337 g/mol. The predicted octanol–water partition coefficient (Wildman–Crippen LogP) is 1.52. The third-order valence-electron chi connectivity index (χ3n) is 2.85. The number of esters is 1. The van der Waals surface area contributed by atoms with Gasteiger partial charge in [0.2, 0.25) is 11.0 Å². The number of ether oxygens (including phenoxy) is 3. The van der Waals surface area contributed by atoms with Gasteiger partial charge in [-0.05, 0) is 17.7 Å². The van der Waals surface area contributed by atoms with Crippen LogP contribution in [0.3, 0.4) is 0 Å². The number of rotatable bonds is 6. The fraction of sp³-hybridized carbons (Fsp3) is 0.286. The lowest BCUT2D eigenvalue weighted by atomic mass is 10.1. The van der Waals surface area contributed by atoms with Crippen molar-refractivity contribution in [3.05, 3.63) is 29.6 Å². The molecule has 0 bridgehead atoms. The summed E-state index contributed by atoms with van der Waals surface area (Å²) in [5.74, 6) is 0.107. The predicted molar refractivity (Wildman–Crippen MR) is 83.1 cm³/mol. The molecule has 0 saturated heterocycles. The lowest BCUT2D eigenvalue weighted by molar-refractivity contribution is -0.115. The van der Waals surface area contributed by atoms with E-state index < -0.39 is 5.97 Å². The van der Waals surface area contributed by atoms with Crippen molar-refractivity contribution in [1.29, 1.82) is 0 Å². The Morgan fingerprint density at radius 2 is 1.91 bits per heavy atom. The molecule has 0 atom stereocenters. The summed E-state index contributed by atoms with van der Waals surface area (Å²) in [5.41, 5.74) is 0.748. The average molecular weight is 337 g/mol. The van der Waals surface area contributed by atoms with E-state index in [1.165, 1.54) is 14.2 Å². The van der Waals surface area contributed by atoms with Gasteiger partial charge >= 0.3 is 5.97 Å². The Morgan fingerprint density at radius 1 is 1.17 bits per heavy atom. The van der Waals surface area contributed by atoms with E-state index in [0.29, 0.717) is 11.5 Å². The molecule has 0 spiro atoms. The van der Waals surface area contributed by atoms with Gasteiger partial charge in [-0.2, -0.15) is 9.36 Å². The summed E-state index contributed by atoms with van der Waals surface area (Å²) >= 11 is 0.907. The maximum absolute atomic E-state index is 12.0. The van der Waals surface area contributed by atoms with Crippen molar-refractivity contribution in [2.75, 3.05) is 26.6 Å². The standard InChI is InChI=1S/C14H15N3O5S/c1-20-9-5-4-8(6-10(9)21-2)7-11(18)15-14-16-12(17-23-14)13(19)22-3/h4-6H,7H2,1-3H3,(H,15,16,17,18). The highest BCUT2D eigenvalue weighted by molar-refractivity contribution is 7.10. The molecular weight excluding hydrogens is 322 g/mol. The minimum absolute atomic E-state index is 0.0843. The van der Waals surface area contributed by atoms with Crippen LogP contribution < -0.4 is 14.8 Å². The molecule has 1 heterocycles. The summed E-state index contributed by atoms with van der Waals surface area (Å²) in [4.78, 5) is 27.2. The fourth-order valence-electron chi connectivity index (χ4n) is 1.79. The van der Waals surface area contributed by atoms with E-state index in [1.807, 2.05) is 0 Å². The van der Waals surface area contributed by atoms with E-state index in [-0.39, 0.29) is 23.3 Å². The molecule has 1 N–H and O–H groups in total. The number of anilines is 1. The topological polar surface area (TPSA) is 99.6 Å². The normalized spacial score (nSPS) is 10.0. The zero-order valence-corrected chi connectivity index (χ0v) is 13.6. The van der Waals surface area contributed by atoms with Crippen LogP contribution in [0.2, 0.25) is 0 Å². The maximum Gasteiger partial charge on any atom is 0.377 e. The quantitative estimate of drug-likeness (QED) is 0.798. The molecule has 122 valence electrons. The van der Waals surface area contributed by atoms with Crippen LogP contribution in [0.4, 0.5) is 5.13 Å². The third-order valence-corrected chi connectivity index (χ3v) is 3.48. The van der Waals surface area contributed by atoms with Gasteiger partial charge in [0.05, 0.1) is 27.8 Å². The first kappa shape index (κ1) is 16.7. The van der Waals surface area contributed by atoms with Crippen molar-refractivity contribution in [2.45, 2.75) is 6.42 Å². The first-order chi connectivity index (χ1) is 11.1. The first-order valence-electron chi connectivity index (χ1n) is 6.50. The van der Waals surface area contributed by atoms with Crippen LogP contribution in [0.25, 0.3) is 0 Å². The van der Waals surface area contributed by atoms with Gasteiger partial charge in [0.1, 0.15) is 0 Å². The molecule has 2 rings (SSSR count). The van der Waals surface area contributed by atoms with Crippen molar-refractivity contribution < 1.29 is 23.8 Å². The van der Waals surface area contributed by atoms with E-state index in [1.54, 1.807) is 25.3 Å². The second-order valence-corrected chi connectivity index (χ2v) is 5.08. The van der Waals surface area contributed by atoms with Crippen LogP contribution in [-0.4, -0.2) is 42.6 Å². The summed E-state index contributed by atoms with van der Waals surface area (Å²) in [6.45, 7) is 0. The van der Waals surface area contributed by atoms with Crippen molar-refractivity contribution in [3.8, 4) is 11.5 Å². The zero-order valence-electron chi connectivity index (χ0n) is 12.8. The number of aromatic nitrogens is 2. The lowest BCUT2D eigenvalue weighted by Gasteiger charge is -2.09. The highest BCUT2D eigenvalue weighted by Crippen LogP contribution is 2.27. The zero-order chi connectivity index (χ0) is 16.8. The van der Waals surface area contributed by atoms with Gasteiger partial charge < -0.3 is 19.5 Å². The van der Waals surface area contributed by atoms with E-state index in [2.05, 4.69) is 19.4 Å². The molecule has 1 aromatic carbocycles. The Morgan fingerprint density at radius 3 is 2.57 bits per heavy atom. The van der Waals surface area contributed by atoms with Gasteiger partial charge in [-0.15, -0.1) is 0 Å². The Bertz CT molecular complexity index is 716. The molecule has 9 heteroatoms. The van der Waals surface area contributed by atoms with Gasteiger partial charge in [0.15, 0.2) is 11.5 Å². The molecule has 0 radical (unpaired) electrons. The van der Waals surface area contributed by atoms with Crippen molar-refractivity contribution in [1.82, 2.24) is 9.36 Å². The number of hydrogen-bond acceptors (Lipinski definition) is 8. The van der Waals surface area contributed by atoms with E-state index >= 15 is 0 Å². The third kappa shape index (κ3) is 4.16. The number of benzene rings is 1. The lowest BCUT2D eigenvalue weighted by Crippen LogP contribution is -2.14. The minimum Gasteiger partial charge on any atom is -0.493 e. The summed E-state index contributed by atoms with van der Waals surface area (Å²) in [6.07, 6.45) is 0.119. The number of carbonyl (C=O) groups is 2. The van der Waals surface area contributed by atoms with Crippen LogP contribution in [0, 0.1) is 0 Å². The van der Waals surface area contributed by atoms with E-state index in [9.17, 15) is 9.59 Å². The smallest absolute Gasteiger partial charge is 0.377 e. The van der Waals surface area contributed by atoms with Crippen LogP contribution in [0.15, 0.2) is 18.2 Å². The van der Waals surface area contributed by atoms with E-state index in [4.69, 9.17) is 9.47 Å². The Balaban J connectivity index is 2.02. The number of nitrogens with one attached hydrogen (secondary N) is 1. The van der Waals surface area contributed by atoms with E-state index in [0.717, 1.165) is 17.1 Å². The second kappa shape index (κ2) is 7.54. The molecule has 0 aliphatic rings. The SMILES string of the molecule is COC(=O)c1nsc(NC(=O)Cc2ccc(OC)c(OC)c2)n1. The second-order valence-electron chi connectivity index (χ2n) is 4.33. The van der Waals surface area contributed by atoms with Crippen molar-refractivity contribution in [3.63, 3.8) is 0 Å². The molecule has 0 aliphatic heterocycles. The highest BCUT2D eigenvalue weighted by atomic mass is 32.1. The largest absolute Gasteiger partial charge is 0.493 e. The molecule has 1 amide bonds. The van der Waals surface area contributed by atoms with Gasteiger partial charge in [-0.25, -0.2) is 4.79 Å². The Labute approximate surface area is 136 Å². The molecule has 0 unspecified atom stereocenters. The number of methoxy groups -OCH3 is 3. The maximum atomic E-state index is 12.0. The number of nitrogens with zero attached hydrogens (tertiary/aromatic N) is 2. The average Bonchev–Trinajstić information content (AvgIpc) is 3.02. The van der Waals surface area contributed by atoms with Crippen molar-refractivity contribution in [2.24, 2.45) is 0 Å². The number of hydrogen-bond donors (Lipinski definition) is 1. The molecular formula is C14H15N3O5S. The summed E-state index contributed by atoms with van der Waals surface area (Å²) < 4.78 is 18.6. The summed E-state index contributed by atoms with van der Waals surface area (Å²) in [7, 11) is 4.30. The number of amides is 1. The first-order valence-corrected chi connectivity index (χ1v) is 7.27. The molecule has 23 heavy (non-hydrogen) atoms. The fourth-order valence-corrected chi connectivity index (χ4v) is 2.36. The Hall–Kier alpha value is -2.68. The summed E-state index contributed by atoms with van der Waals surface area (Å²) in [5, 5.41) is 2.81. The van der Waals surface area contributed by atoms with Gasteiger partial charge in [0, 0.05) is 11.5 Å². The van der Waals surface area contributed by atoms with Crippen LogP contribution in [-0.2, 0) is 16.0 Å². The number of carbonyl (C=O) groups excluding carboxylic acids is 2. The van der Waals surface area contributed by atoms with Crippen molar-refractivity contribution >= 4 is 28.5 Å². The van der Waals surface area contributed by atoms with Gasteiger partial charge in [-0.1, -0.05) is 6.07 Å². The molecule has 8 nitrogen and oxygen atoms in total. The van der Waals surface area contributed by atoms with Crippen LogP contribution in [0.5, 0.6) is 11.5 Å². The Kier molecular flexibility index (Phi) is 5.47. The highest BCUT2D eigenvalue weighted by Gasteiger charge is 2.15. The van der Waals surface area contributed by atoms with Gasteiger partial charge in [0.25, 0.3) is 5.82 Å².